The molecule has 0 unspecified atom stereocenters. The monoisotopic (exact) mass is 456 g/mol. The second-order valence-electron chi connectivity index (χ2n) is 9.10. The first-order chi connectivity index (χ1) is 15.0. The quantitative estimate of drug-likeness (QED) is 0.274. The molecule has 172 valence electrons. The zero-order valence-electron chi connectivity index (χ0n) is 20.8. The molecule has 0 aliphatic carbocycles. The van der Waals surface area contributed by atoms with Crippen LogP contribution in [0, 0.1) is 0 Å². The number of rotatable bonds is 14. The van der Waals surface area contributed by atoms with Crippen LogP contribution in [0.5, 0.6) is 5.75 Å². The average molecular weight is 457 g/mol. The lowest BCUT2D eigenvalue weighted by molar-refractivity contribution is 0.306. The van der Waals surface area contributed by atoms with E-state index in [0.29, 0.717) is 6.61 Å². The Labute approximate surface area is 193 Å². The number of hydrogen-bond acceptors (Lipinski definition) is 3. The third kappa shape index (κ3) is 6.94. The molecule has 0 atom stereocenters. The first-order valence-electron chi connectivity index (χ1n) is 12.4. The van der Waals surface area contributed by atoms with Gasteiger partial charge in [-0.1, -0.05) is 108 Å². The Morgan fingerprint density at radius 3 is 1.74 bits per heavy atom. The minimum Gasteiger partial charge on any atom is -0.489 e. The van der Waals surface area contributed by atoms with Gasteiger partial charge in [-0.2, -0.15) is 0 Å². The molecule has 0 aliphatic heterocycles. The number of benzene rings is 1. The van der Waals surface area contributed by atoms with Gasteiger partial charge in [-0.3, -0.25) is 0 Å². The van der Waals surface area contributed by atoms with E-state index in [2.05, 4.69) is 76.8 Å². The molecule has 1 aromatic heterocycles. The third-order valence-corrected chi connectivity index (χ3v) is 18.9. The third-order valence-electron chi connectivity index (χ3n) is 7.84. The highest BCUT2D eigenvalue weighted by atomic mass is 28.3. The normalized spacial score (nSPS) is 12.1. The molecular formula is C26H44N2OSi2. The number of aromatic nitrogens is 1. The SMILES string of the molecule is CC[Si](CC)(CC)CN(C[Si](CC)(CC)CC)c1cc(OCc2ccccc2)ccn1. The summed E-state index contributed by atoms with van der Waals surface area (Å²) in [4.78, 5) is 7.54. The largest absolute Gasteiger partial charge is 0.489 e. The Hall–Kier alpha value is -1.60. The zero-order chi connectivity index (χ0) is 22.7. The van der Waals surface area contributed by atoms with E-state index in [1.165, 1.54) is 54.2 Å². The molecule has 0 aliphatic rings. The molecule has 2 rings (SSSR count). The highest BCUT2D eigenvalue weighted by Crippen LogP contribution is 2.30. The number of anilines is 1. The van der Waals surface area contributed by atoms with Crippen molar-refractivity contribution in [3.63, 3.8) is 0 Å². The van der Waals surface area contributed by atoms with Crippen LogP contribution in [0.2, 0.25) is 36.3 Å². The van der Waals surface area contributed by atoms with Gasteiger partial charge in [-0.25, -0.2) is 4.98 Å². The van der Waals surface area contributed by atoms with Crippen LogP contribution in [-0.2, 0) is 6.61 Å². The van der Waals surface area contributed by atoms with Crippen LogP contribution >= 0.6 is 0 Å². The van der Waals surface area contributed by atoms with E-state index in [1.807, 2.05) is 18.3 Å². The fourth-order valence-electron chi connectivity index (χ4n) is 4.60. The van der Waals surface area contributed by atoms with E-state index >= 15 is 0 Å². The maximum absolute atomic E-state index is 6.16. The van der Waals surface area contributed by atoms with E-state index in [9.17, 15) is 0 Å². The summed E-state index contributed by atoms with van der Waals surface area (Å²) in [6.45, 7) is 15.1. The van der Waals surface area contributed by atoms with Crippen molar-refractivity contribution >= 4 is 22.0 Å². The molecule has 31 heavy (non-hydrogen) atoms. The predicted molar refractivity (Wildman–Crippen MR) is 142 cm³/mol. The Morgan fingerprint density at radius 2 is 1.26 bits per heavy atom. The molecule has 0 fully saturated rings. The van der Waals surface area contributed by atoms with E-state index in [-0.39, 0.29) is 0 Å². The predicted octanol–water partition coefficient (Wildman–Crippen LogP) is 7.56. The van der Waals surface area contributed by atoms with Crippen LogP contribution in [-0.4, -0.2) is 33.5 Å². The highest BCUT2D eigenvalue weighted by Gasteiger charge is 2.35. The Kier molecular flexibility index (Phi) is 10.3. The van der Waals surface area contributed by atoms with Crippen LogP contribution in [0.3, 0.4) is 0 Å². The molecule has 0 N–H and O–H groups in total. The summed E-state index contributed by atoms with van der Waals surface area (Å²) in [5.74, 6) is 2.04. The van der Waals surface area contributed by atoms with Gasteiger partial charge in [0.1, 0.15) is 18.2 Å². The van der Waals surface area contributed by atoms with Gasteiger partial charge < -0.3 is 9.64 Å². The van der Waals surface area contributed by atoms with Gasteiger partial charge in [0.25, 0.3) is 0 Å². The number of nitrogens with zero attached hydrogens (tertiary/aromatic N) is 2. The lowest BCUT2D eigenvalue weighted by Gasteiger charge is -2.41. The van der Waals surface area contributed by atoms with Crippen LogP contribution in [0.4, 0.5) is 5.82 Å². The minimum absolute atomic E-state index is 0.597. The van der Waals surface area contributed by atoms with Crippen molar-refractivity contribution in [3.8, 4) is 5.75 Å². The lowest BCUT2D eigenvalue weighted by Crippen LogP contribution is -2.53. The van der Waals surface area contributed by atoms with E-state index in [4.69, 9.17) is 9.72 Å². The first kappa shape index (κ1) is 25.7. The second kappa shape index (κ2) is 12.4. The van der Waals surface area contributed by atoms with Crippen molar-refractivity contribution in [3.05, 3.63) is 54.2 Å². The Morgan fingerprint density at radius 1 is 0.742 bits per heavy atom. The summed E-state index contributed by atoms with van der Waals surface area (Å²) in [6.07, 6.45) is 4.38. The maximum Gasteiger partial charge on any atom is 0.131 e. The van der Waals surface area contributed by atoms with E-state index < -0.39 is 16.1 Å². The van der Waals surface area contributed by atoms with Crippen molar-refractivity contribution < 1.29 is 4.74 Å². The lowest BCUT2D eigenvalue weighted by atomic mass is 10.2. The van der Waals surface area contributed by atoms with Crippen LogP contribution in [0.15, 0.2) is 48.7 Å². The summed E-state index contributed by atoms with van der Waals surface area (Å²) in [6, 6.07) is 22.7. The Balaban J connectivity index is 2.31. The number of hydrogen-bond donors (Lipinski definition) is 0. The second-order valence-corrected chi connectivity index (χ2v) is 20.0. The Bertz CT molecular complexity index is 722. The van der Waals surface area contributed by atoms with Gasteiger partial charge >= 0.3 is 0 Å². The first-order valence-corrected chi connectivity index (χ1v) is 18.0. The summed E-state index contributed by atoms with van der Waals surface area (Å²) < 4.78 is 6.16. The molecule has 1 heterocycles. The molecule has 2 aromatic rings. The van der Waals surface area contributed by atoms with Crippen molar-refractivity contribution in [2.45, 2.75) is 84.4 Å². The molecule has 0 amide bonds. The van der Waals surface area contributed by atoms with Crippen molar-refractivity contribution in [1.29, 1.82) is 0 Å². The smallest absolute Gasteiger partial charge is 0.131 e. The maximum atomic E-state index is 6.16. The van der Waals surface area contributed by atoms with Crippen LogP contribution < -0.4 is 9.64 Å². The van der Waals surface area contributed by atoms with Gasteiger partial charge in [-0.05, 0) is 11.6 Å². The molecular weight excluding hydrogens is 412 g/mol. The van der Waals surface area contributed by atoms with Gasteiger partial charge in [0.15, 0.2) is 0 Å². The highest BCUT2D eigenvalue weighted by molar-refractivity contribution is 6.82. The summed E-state index contributed by atoms with van der Waals surface area (Å²) in [7, 11) is -2.64. The molecule has 0 saturated carbocycles. The van der Waals surface area contributed by atoms with Crippen LogP contribution in [0.25, 0.3) is 0 Å². The standard InChI is InChI=1S/C26H44N2OSi2/c1-7-30(8-2,9-3)22-28(23-31(10-4,11-5)12-6)26-20-25(18-19-27-26)29-21-24-16-14-13-15-17-24/h13-20H,7-12,21-23H2,1-6H3. The minimum atomic E-state index is -1.32. The topological polar surface area (TPSA) is 25.4 Å². The van der Waals surface area contributed by atoms with Crippen molar-refractivity contribution in [2.24, 2.45) is 0 Å². The summed E-state index contributed by atoms with van der Waals surface area (Å²) in [5.41, 5.74) is 1.20. The summed E-state index contributed by atoms with van der Waals surface area (Å²) in [5, 5.41) is 0. The molecule has 0 spiro atoms. The molecule has 0 bridgehead atoms. The fourth-order valence-corrected chi connectivity index (χ4v) is 11.3. The van der Waals surface area contributed by atoms with E-state index in [1.54, 1.807) is 0 Å². The van der Waals surface area contributed by atoms with Gasteiger partial charge in [0.05, 0.1) is 16.1 Å². The summed E-state index contributed by atoms with van der Waals surface area (Å²) >= 11 is 0. The van der Waals surface area contributed by atoms with Crippen molar-refractivity contribution in [2.75, 3.05) is 17.2 Å². The fraction of sp³-hybridized carbons (Fsp3) is 0.577. The molecule has 0 saturated heterocycles. The average Bonchev–Trinajstić information content (AvgIpc) is 2.84. The number of pyridine rings is 1. The molecule has 0 radical (unpaired) electrons. The zero-order valence-corrected chi connectivity index (χ0v) is 22.8. The molecule has 3 nitrogen and oxygen atoms in total. The number of ether oxygens (including phenoxy) is 1. The van der Waals surface area contributed by atoms with Gasteiger partial charge in [0, 0.05) is 24.6 Å². The van der Waals surface area contributed by atoms with E-state index in [0.717, 1.165) is 11.6 Å². The molecule has 1 aromatic carbocycles. The van der Waals surface area contributed by atoms with Crippen LogP contribution in [0.1, 0.15) is 47.1 Å². The van der Waals surface area contributed by atoms with Gasteiger partial charge in [0.2, 0.25) is 0 Å². The molecule has 5 heteroatoms. The van der Waals surface area contributed by atoms with Gasteiger partial charge in [-0.15, -0.1) is 0 Å². The van der Waals surface area contributed by atoms with Crippen molar-refractivity contribution in [1.82, 2.24) is 4.98 Å².